The van der Waals surface area contributed by atoms with E-state index in [1.54, 1.807) is 0 Å². The molecule has 0 atom stereocenters. The monoisotopic (exact) mass is 304 g/mol. The average molecular weight is 305 g/mol. The van der Waals surface area contributed by atoms with Crippen LogP contribution in [0.3, 0.4) is 0 Å². The second-order valence-corrected chi connectivity index (χ2v) is 5.36. The summed E-state index contributed by atoms with van der Waals surface area (Å²) in [6, 6.07) is 9.83. The fourth-order valence-electron chi connectivity index (χ4n) is 2.45. The lowest BCUT2D eigenvalue weighted by molar-refractivity contribution is 0.102. The lowest BCUT2D eigenvalue weighted by atomic mass is 10.0. The number of carbonyl (C=O) groups is 1. The minimum atomic E-state index is -0.629. The highest BCUT2D eigenvalue weighted by Crippen LogP contribution is 2.26. The van der Waals surface area contributed by atoms with Gasteiger partial charge >= 0.3 is 0 Å². The average Bonchev–Trinajstić information content (AvgIpc) is 2.47. The van der Waals surface area contributed by atoms with Crippen LogP contribution in [0.5, 0.6) is 0 Å². The molecule has 1 heterocycles. The highest BCUT2D eigenvalue weighted by atomic mass is 35.5. The van der Waals surface area contributed by atoms with Crippen LogP contribution in [-0.4, -0.2) is 12.5 Å². The largest absolute Gasteiger partial charge is 0.385 e. The molecule has 1 amide bonds. The summed E-state index contributed by atoms with van der Waals surface area (Å²) >= 11 is 5.89. The Labute approximate surface area is 127 Å². The molecule has 1 aliphatic heterocycles. The lowest BCUT2D eigenvalue weighted by Gasteiger charge is -2.19. The van der Waals surface area contributed by atoms with Gasteiger partial charge in [-0.2, -0.15) is 0 Å². The molecule has 21 heavy (non-hydrogen) atoms. The molecule has 0 unspecified atom stereocenters. The van der Waals surface area contributed by atoms with Gasteiger partial charge in [0.1, 0.15) is 5.82 Å². The predicted octanol–water partition coefficient (Wildman–Crippen LogP) is 4.09. The smallest absolute Gasteiger partial charge is 0.260 e. The molecule has 0 bridgehead atoms. The first-order valence-corrected chi connectivity index (χ1v) is 7.15. The van der Waals surface area contributed by atoms with Crippen LogP contribution in [0.2, 0.25) is 5.02 Å². The zero-order valence-corrected chi connectivity index (χ0v) is 12.0. The lowest BCUT2D eigenvalue weighted by Crippen LogP contribution is -2.16. The van der Waals surface area contributed by atoms with Crippen LogP contribution < -0.4 is 10.6 Å². The van der Waals surface area contributed by atoms with Gasteiger partial charge in [0.05, 0.1) is 10.6 Å². The van der Waals surface area contributed by atoms with Crippen molar-refractivity contribution in [3.05, 3.63) is 58.4 Å². The zero-order valence-electron chi connectivity index (χ0n) is 11.2. The second kappa shape index (κ2) is 5.74. The molecule has 2 N–H and O–H groups in total. The Morgan fingerprint density at radius 1 is 1.29 bits per heavy atom. The van der Waals surface area contributed by atoms with Crippen LogP contribution in [0.4, 0.5) is 15.8 Å². The quantitative estimate of drug-likeness (QED) is 0.877. The third-order valence-electron chi connectivity index (χ3n) is 3.50. The van der Waals surface area contributed by atoms with Gasteiger partial charge in [0, 0.05) is 17.9 Å². The Morgan fingerprint density at radius 3 is 2.95 bits per heavy atom. The predicted molar refractivity (Wildman–Crippen MR) is 82.6 cm³/mol. The third kappa shape index (κ3) is 2.85. The van der Waals surface area contributed by atoms with Crippen molar-refractivity contribution in [2.24, 2.45) is 0 Å². The topological polar surface area (TPSA) is 41.1 Å². The van der Waals surface area contributed by atoms with E-state index in [-0.39, 0.29) is 10.6 Å². The number of fused-ring (bicyclic) bond motifs is 1. The van der Waals surface area contributed by atoms with Crippen molar-refractivity contribution in [3.8, 4) is 0 Å². The number of carbonyl (C=O) groups excluding carboxylic acids is 1. The van der Waals surface area contributed by atoms with Gasteiger partial charge in [0.15, 0.2) is 0 Å². The Balaban J connectivity index is 1.85. The van der Waals surface area contributed by atoms with Crippen LogP contribution in [-0.2, 0) is 6.42 Å². The van der Waals surface area contributed by atoms with Gasteiger partial charge in [-0.1, -0.05) is 23.7 Å². The number of hydrogen-bond donors (Lipinski definition) is 2. The number of anilines is 2. The first kappa shape index (κ1) is 13.9. The molecule has 2 aromatic rings. The fourth-order valence-corrected chi connectivity index (χ4v) is 2.70. The molecule has 108 valence electrons. The Hall–Kier alpha value is -2.07. The summed E-state index contributed by atoms with van der Waals surface area (Å²) in [4.78, 5) is 12.2. The molecule has 5 heteroatoms. The van der Waals surface area contributed by atoms with Crippen molar-refractivity contribution in [2.75, 3.05) is 17.2 Å². The van der Waals surface area contributed by atoms with Crippen LogP contribution in [0.1, 0.15) is 22.3 Å². The summed E-state index contributed by atoms with van der Waals surface area (Å²) in [6.07, 6.45) is 2.12. The number of amides is 1. The Morgan fingerprint density at radius 2 is 2.14 bits per heavy atom. The van der Waals surface area contributed by atoms with E-state index in [0.29, 0.717) is 5.69 Å². The van der Waals surface area contributed by atoms with Crippen molar-refractivity contribution >= 4 is 28.9 Å². The van der Waals surface area contributed by atoms with Gasteiger partial charge in [-0.3, -0.25) is 4.79 Å². The van der Waals surface area contributed by atoms with E-state index in [9.17, 15) is 9.18 Å². The molecule has 3 rings (SSSR count). The highest BCUT2D eigenvalue weighted by Gasteiger charge is 2.16. The number of nitrogens with one attached hydrogen (secondary N) is 2. The molecule has 3 nitrogen and oxygen atoms in total. The second-order valence-electron chi connectivity index (χ2n) is 4.95. The van der Waals surface area contributed by atoms with Gasteiger partial charge in [-0.25, -0.2) is 4.39 Å². The van der Waals surface area contributed by atoms with Crippen molar-refractivity contribution in [3.63, 3.8) is 0 Å². The fraction of sp³-hybridized carbons (Fsp3) is 0.188. The maximum Gasteiger partial charge on any atom is 0.260 e. The molecule has 0 radical (unpaired) electrons. The van der Waals surface area contributed by atoms with Crippen LogP contribution in [0.25, 0.3) is 0 Å². The number of aryl methyl sites for hydroxylation is 1. The van der Waals surface area contributed by atoms with Gasteiger partial charge in [-0.15, -0.1) is 0 Å². The van der Waals surface area contributed by atoms with Crippen molar-refractivity contribution < 1.29 is 9.18 Å². The number of rotatable bonds is 2. The normalized spacial score (nSPS) is 13.2. The molecular weight excluding hydrogens is 291 g/mol. The van der Waals surface area contributed by atoms with Crippen molar-refractivity contribution in [2.45, 2.75) is 12.8 Å². The first-order chi connectivity index (χ1) is 10.1. The standard InChI is InChI=1S/C16H14ClFN2O/c17-12-4-1-5-13(18)15(12)16(21)20-11-7-6-10-3-2-8-19-14(10)9-11/h1,4-7,9,19H,2-3,8H2,(H,20,21). The minimum Gasteiger partial charge on any atom is -0.385 e. The Bertz CT molecular complexity index is 682. The number of hydrogen-bond acceptors (Lipinski definition) is 2. The van der Waals surface area contributed by atoms with Gasteiger partial charge in [0.2, 0.25) is 0 Å². The molecular formula is C16H14ClFN2O. The van der Waals surface area contributed by atoms with Crippen LogP contribution >= 0.6 is 11.6 Å². The summed E-state index contributed by atoms with van der Waals surface area (Å²) < 4.78 is 13.7. The summed E-state index contributed by atoms with van der Waals surface area (Å²) in [5, 5.41) is 6.07. The number of halogens is 2. The first-order valence-electron chi connectivity index (χ1n) is 6.77. The molecule has 0 saturated heterocycles. The molecule has 0 aliphatic carbocycles. The summed E-state index contributed by atoms with van der Waals surface area (Å²) in [5.74, 6) is -1.18. The minimum absolute atomic E-state index is 0.101. The van der Waals surface area contributed by atoms with Crippen molar-refractivity contribution in [1.29, 1.82) is 0 Å². The molecule has 0 spiro atoms. The third-order valence-corrected chi connectivity index (χ3v) is 3.81. The van der Waals surface area contributed by atoms with E-state index in [0.717, 1.165) is 25.1 Å². The van der Waals surface area contributed by atoms with E-state index in [2.05, 4.69) is 10.6 Å². The summed E-state index contributed by atoms with van der Waals surface area (Å²) in [6.45, 7) is 0.920. The van der Waals surface area contributed by atoms with Crippen molar-refractivity contribution in [1.82, 2.24) is 0 Å². The van der Waals surface area contributed by atoms with E-state index < -0.39 is 11.7 Å². The van der Waals surface area contributed by atoms with Gasteiger partial charge < -0.3 is 10.6 Å². The van der Waals surface area contributed by atoms with Gasteiger partial charge in [-0.05, 0) is 42.7 Å². The molecule has 0 aromatic heterocycles. The van der Waals surface area contributed by atoms with E-state index >= 15 is 0 Å². The molecule has 0 saturated carbocycles. The summed E-state index contributed by atoms with van der Waals surface area (Å²) in [5.41, 5.74) is 2.72. The zero-order chi connectivity index (χ0) is 14.8. The van der Waals surface area contributed by atoms with Gasteiger partial charge in [0.25, 0.3) is 5.91 Å². The van der Waals surface area contributed by atoms with E-state index in [1.807, 2.05) is 18.2 Å². The van der Waals surface area contributed by atoms with Crippen LogP contribution in [0.15, 0.2) is 36.4 Å². The molecule has 1 aliphatic rings. The summed E-state index contributed by atoms with van der Waals surface area (Å²) in [7, 11) is 0. The van der Waals surface area contributed by atoms with E-state index in [4.69, 9.17) is 11.6 Å². The van der Waals surface area contributed by atoms with Crippen LogP contribution in [0, 0.1) is 5.82 Å². The Kier molecular flexibility index (Phi) is 3.80. The molecule has 2 aromatic carbocycles. The maximum absolute atomic E-state index is 13.7. The SMILES string of the molecule is O=C(Nc1ccc2c(c1)NCCC2)c1c(F)cccc1Cl. The maximum atomic E-state index is 13.7. The number of benzene rings is 2. The molecule has 0 fully saturated rings. The van der Waals surface area contributed by atoms with E-state index in [1.165, 1.54) is 23.8 Å². The highest BCUT2D eigenvalue weighted by molar-refractivity contribution is 6.34.